The number of nitrogens with one attached hydrogen (secondary N) is 2. The minimum absolute atomic E-state index is 0.0722. The molecular weight excluding hydrogens is 581 g/mol. The molecule has 3 aromatic rings. The number of nitriles is 1. The van der Waals surface area contributed by atoms with Gasteiger partial charge in [0.25, 0.3) is 5.91 Å². The Kier molecular flexibility index (Phi) is 9.33. The topological polar surface area (TPSA) is 158 Å². The number of benzene rings is 3. The van der Waals surface area contributed by atoms with Gasteiger partial charge in [-0.05, 0) is 53.6 Å². The van der Waals surface area contributed by atoms with E-state index in [1.54, 1.807) is 36.4 Å². The number of carbonyl (C=O) groups is 1. The zero-order valence-corrected chi connectivity index (χ0v) is 23.4. The van der Waals surface area contributed by atoms with Gasteiger partial charge in [-0.25, -0.2) is 13.1 Å². The van der Waals surface area contributed by atoms with Crippen LogP contribution in [0.5, 0.6) is 5.75 Å². The number of aliphatic hydroxyl groups excluding tert-OH is 2. The van der Waals surface area contributed by atoms with Crippen LogP contribution in [0.1, 0.15) is 22.3 Å². The molecule has 4 N–H and O–H groups in total. The first-order valence-corrected chi connectivity index (χ1v) is 14.2. The molecule has 0 saturated carbocycles. The standard InChI is InChI=1S/C27H25Cl2N3O7S/c1-38-19-10-17(16-7-5-15(13-30)6-8-16)9-18(11-19)26(34)32-25-22(33)12-20(39-27(25)35)14-31-40(36,37)23-4-2-3-21(28)24(23)29/h2-11,20,22,25,27,31,33,35H,12,14H2,1H3,(H,32,34)/t20-,22-,25+,27?/m0/s1. The molecule has 1 saturated heterocycles. The average Bonchev–Trinajstić information content (AvgIpc) is 2.95. The van der Waals surface area contributed by atoms with Crippen LogP contribution in [-0.4, -0.2) is 62.7 Å². The highest BCUT2D eigenvalue weighted by molar-refractivity contribution is 7.89. The fourth-order valence-electron chi connectivity index (χ4n) is 4.20. The van der Waals surface area contributed by atoms with Crippen molar-refractivity contribution in [3.05, 3.63) is 81.8 Å². The Balaban J connectivity index is 1.43. The van der Waals surface area contributed by atoms with Crippen molar-refractivity contribution < 1.29 is 32.9 Å². The fourth-order valence-corrected chi connectivity index (χ4v) is 6.03. The molecule has 3 aromatic carbocycles. The Morgan fingerprint density at radius 1 is 1.12 bits per heavy atom. The first-order valence-electron chi connectivity index (χ1n) is 12.0. The molecule has 0 aromatic heterocycles. The quantitative estimate of drug-likeness (QED) is 0.305. The summed E-state index contributed by atoms with van der Waals surface area (Å²) >= 11 is 11.9. The second kappa shape index (κ2) is 12.5. The molecule has 40 heavy (non-hydrogen) atoms. The van der Waals surface area contributed by atoms with Crippen LogP contribution < -0.4 is 14.8 Å². The number of amides is 1. The Labute approximate surface area is 241 Å². The number of ether oxygens (including phenoxy) is 2. The molecule has 1 amide bonds. The van der Waals surface area contributed by atoms with Gasteiger partial charge in [0.2, 0.25) is 10.0 Å². The highest BCUT2D eigenvalue weighted by atomic mass is 35.5. The molecule has 0 spiro atoms. The second-order valence-corrected chi connectivity index (χ2v) is 11.5. The molecule has 0 radical (unpaired) electrons. The number of nitrogens with zero attached hydrogens (tertiary/aromatic N) is 1. The van der Waals surface area contributed by atoms with Crippen molar-refractivity contribution in [1.29, 1.82) is 5.26 Å². The number of halogens is 2. The monoisotopic (exact) mass is 605 g/mol. The molecule has 13 heteroatoms. The van der Waals surface area contributed by atoms with E-state index < -0.39 is 40.5 Å². The summed E-state index contributed by atoms with van der Waals surface area (Å²) in [5.41, 5.74) is 2.09. The first-order chi connectivity index (χ1) is 19.0. The molecule has 1 heterocycles. The van der Waals surface area contributed by atoms with Crippen molar-refractivity contribution in [2.45, 2.75) is 35.9 Å². The number of sulfonamides is 1. The number of carbonyl (C=O) groups excluding carboxylic acids is 1. The molecule has 1 unspecified atom stereocenters. The van der Waals surface area contributed by atoms with Crippen LogP contribution in [0.2, 0.25) is 10.0 Å². The molecule has 10 nitrogen and oxygen atoms in total. The lowest BCUT2D eigenvalue weighted by atomic mass is 9.98. The summed E-state index contributed by atoms with van der Waals surface area (Å²) in [5.74, 6) is -0.199. The maximum atomic E-state index is 13.1. The lowest BCUT2D eigenvalue weighted by Gasteiger charge is -2.37. The van der Waals surface area contributed by atoms with E-state index in [9.17, 15) is 23.4 Å². The predicted molar refractivity (Wildman–Crippen MR) is 148 cm³/mol. The normalized spacial score (nSPS) is 20.9. The Morgan fingerprint density at radius 3 is 2.50 bits per heavy atom. The van der Waals surface area contributed by atoms with Gasteiger partial charge in [0.1, 0.15) is 16.7 Å². The van der Waals surface area contributed by atoms with Crippen molar-refractivity contribution in [2.24, 2.45) is 0 Å². The summed E-state index contributed by atoms with van der Waals surface area (Å²) < 4.78 is 38.5. The summed E-state index contributed by atoms with van der Waals surface area (Å²) in [4.78, 5) is 12.9. The number of rotatable bonds is 8. The number of hydrogen-bond donors (Lipinski definition) is 4. The van der Waals surface area contributed by atoms with Crippen LogP contribution in [-0.2, 0) is 14.8 Å². The lowest BCUT2D eigenvalue weighted by molar-refractivity contribution is -0.202. The molecule has 4 atom stereocenters. The Hall–Kier alpha value is -3.21. The maximum Gasteiger partial charge on any atom is 0.251 e. The van der Waals surface area contributed by atoms with Gasteiger partial charge >= 0.3 is 0 Å². The van der Waals surface area contributed by atoms with Crippen LogP contribution in [0.4, 0.5) is 0 Å². The highest BCUT2D eigenvalue weighted by Gasteiger charge is 2.38. The third-order valence-corrected chi connectivity index (χ3v) is 8.71. The first kappa shape index (κ1) is 29.8. The molecule has 210 valence electrons. The average molecular weight is 606 g/mol. The van der Waals surface area contributed by atoms with Crippen molar-refractivity contribution >= 4 is 39.1 Å². The van der Waals surface area contributed by atoms with Crippen LogP contribution in [0.25, 0.3) is 11.1 Å². The summed E-state index contributed by atoms with van der Waals surface area (Å²) in [6.07, 6.45) is -3.85. The fraction of sp³-hybridized carbons (Fsp3) is 0.259. The largest absolute Gasteiger partial charge is 0.497 e. The van der Waals surface area contributed by atoms with Gasteiger partial charge in [-0.1, -0.05) is 41.4 Å². The van der Waals surface area contributed by atoms with E-state index in [1.807, 2.05) is 6.07 Å². The predicted octanol–water partition coefficient (Wildman–Crippen LogP) is 3.09. The summed E-state index contributed by atoms with van der Waals surface area (Å²) in [5, 5.41) is 32.8. The molecule has 4 rings (SSSR count). The summed E-state index contributed by atoms with van der Waals surface area (Å²) in [6, 6.07) is 16.7. The highest BCUT2D eigenvalue weighted by Crippen LogP contribution is 2.30. The smallest absolute Gasteiger partial charge is 0.251 e. The van der Waals surface area contributed by atoms with Gasteiger partial charge in [0.05, 0.1) is 41.0 Å². The Morgan fingerprint density at radius 2 is 1.85 bits per heavy atom. The van der Waals surface area contributed by atoms with Gasteiger partial charge in [0.15, 0.2) is 6.29 Å². The third kappa shape index (κ3) is 6.74. The van der Waals surface area contributed by atoms with Crippen molar-refractivity contribution in [3.8, 4) is 22.9 Å². The lowest BCUT2D eigenvalue weighted by Crippen LogP contribution is -2.58. The van der Waals surface area contributed by atoms with Crippen LogP contribution in [0.3, 0.4) is 0 Å². The summed E-state index contributed by atoms with van der Waals surface area (Å²) in [6.45, 7) is -0.274. The Bertz CT molecular complexity index is 1530. The van der Waals surface area contributed by atoms with Crippen LogP contribution in [0.15, 0.2) is 65.6 Å². The minimum atomic E-state index is -4.06. The van der Waals surface area contributed by atoms with E-state index in [0.29, 0.717) is 16.9 Å². The van der Waals surface area contributed by atoms with E-state index in [4.69, 9.17) is 37.9 Å². The molecule has 1 fully saturated rings. The minimum Gasteiger partial charge on any atom is -0.497 e. The number of methoxy groups -OCH3 is 1. The summed E-state index contributed by atoms with van der Waals surface area (Å²) in [7, 11) is -2.61. The van der Waals surface area contributed by atoms with Gasteiger partial charge in [-0.15, -0.1) is 0 Å². The van der Waals surface area contributed by atoms with Crippen molar-refractivity contribution in [3.63, 3.8) is 0 Å². The molecular formula is C27H25Cl2N3O7S. The number of hydrogen-bond acceptors (Lipinski definition) is 8. The van der Waals surface area contributed by atoms with E-state index in [0.717, 1.165) is 5.56 Å². The van der Waals surface area contributed by atoms with E-state index >= 15 is 0 Å². The van der Waals surface area contributed by atoms with E-state index in [-0.39, 0.29) is 33.5 Å². The third-order valence-electron chi connectivity index (χ3n) is 6.31. The van der Waals surface area contributed by atoms with Crippen molar-refractivity contribution in [2.75, 3.05) is 13.7 Å². The molecule has 0 aliphatic carbocycles. The van der Waals surface area contributed by atoms with Crippen LogP contribution >= 0.6 is 23.2 Å². The zero-order valence-electron chi connectivity index (χ0n) is 21.0. The molecule has 0 bridgehead atoms. The number of aliphatic hydroxyl groups is 2. The van der Waals surface area contributed by atoms with Gasteiger partial charge in [0, 0.05) is 18.5 Å². The van der Waals surface area contributed by atoms with E-state index in [1.165, 1.54) is 31.4 Å². The second-order valence-electron chi connectivity index (χ2n) is 8.99. The molecule has 1 aliphatic rings. The van der Waals surface area contributed by atoms with Gasteiger partial charge in [-0.3, -0.25) is 4.79 Å². The SMILES string of the molecule is COc1cc(C(=O)N[C@H]2C(O)O[C@H](CNS(=O)(=O)c3cccc(Cl)c3Cl)C[C@@H]2O)cc(-c2ccc(C#N)cc2)c1. The zero-order chi connectivity index (χ0) is 29.0. The van der Waals surface area contributed by atoms with Crippen LogP contribution in [0, 0.1) is 11.3 Å². The van der Waals surface area contributed by atoms with Gasteiger partial charge in [-0.2, -0.15) is 5.26 Å². The van der Waals surface area contributed by atoms with Crippen molar-refractivity contribution in [1.82, 2.24) is 10.0 Å². The maximum absolute atomic E-state index is 13.1. The van der Waals surface area contributed by atoms with E-state index in [2.05, 4.69) is 10.0 Å². The molecule has 1 aliphatic heterocycles. The van der Waals surface area contributed by atoms with Gasteiger partial charge < -0.3 is 25.0 Å².